The van der Waals surface area contributed by atoms with Crippen LogP contribution in [0.3, 0.4) is 0 Å². The van der Waals surface area contributed by atoms with Crippen LogP contribution < -0.4 is 10.2 Å². The van der Waals surface area contributed by atoms with E-state index in [2.05, 4.69) is 52.5 Å². The van der Waals surface area contributed by atoms with Gasteiger partial charge in [0, 0.05) is 31.4 Å². The van der Waals surface area contributed by atoms with E-state index in [1.807, 2.05) is 0 Å². The molecule has 3 nitrogen and oxygen atoms in total. The van der Waals surface area contributed by atoms with Crippen LogP contribution in [0.5, 0.6) is 0 Å². The highest BCUT2D eigenvalue weighted by Gasteiger charge is 2.25. The van der Waals surface area contributed by atoms with Crippen molar-refractivity contribution in [3.8, 4) is 0 Å². The molecule has 0 amide bonds. The lowest BCUT2D eigenvalue weighted by Crippen LogP contribution is -2.48. The summed E-state index contributed by atoms with van der Waals surface area (Å²) in [5.41, 5.74) is 1.39. The summed E-state index contributed by atoms with van der Waals surface area (Å²) < 4.78 is 0. The van der Waals surface area contributed by atoms with Crippen molar-refractivity contribution < 1.29 is 0 Å². The van der Waals surface area contributed by atoms with Crippen molar-refractivity contribution in [2.75, 3.05) is 44.7 Å². The molecule has 124 valence electrons. The van der Waals surface area contributed by atoms with Crippen LogP contribution in [0.1, 0.15) is 25.7 Å². The van der Waals surface area contributed by atoms with Crippen LogP contribution in [0.2, 0.25) is 0 Å². The normalized spacial score (nSPS) is 23.4. The number of nitrogens with one attached hydrogen (secondary N) is 1. The average molecular weight is 324 g/mol. The fraction of sp³-hybridized carbons (Fsp3) is 0.667. The molecule has 2 fully saturated rings. The summed E-state index contributed by atoms with van der Waals surface area (Å²) in [7, 11) is 2.33. The van der Waals surface area contributed by atoms with Crippen LogP contribution in [-0.4, -0.2) is 50.7 Å². The average Bonchev–Trinajstić information content (AvgIpc) is 2.57. The number of para-hydroxylation sites is 1. The van der Waals surface area contributed by atoms with E-state index in [0.29, 0.717) is 6.04 Å². The van der Waals surface area contributed by atoms with Crippen LogP contribution >= 0.6 is 12.4 Å². The monoisotopic (exact) mass is 323 g/mol. The third kappa shape index (κ3) is 4.61. The zero-order valence-corrected chi connectivity index (χ0v) is 14.5. The van der Waals surface area contributed by atoms with E-state index in [0.717, 1.165) is 5.92 Å². The topological polar surface area (TPSA) is 18.5 Å². The molecule has 4 heteroatoms. The van der Waals surface area contributed by atoms with Crippen molar-refractivity contribution in [3.05, 3.63) is 30.3 Å². The molecule has 0 saturated carbocycles. The summed E-state index contributed by atoms with van der Waals surface area (Å²) in [4.78, 5) is 5.19. The smallest absolute Gasteiger partial charge is 0.0366 e. The zero-order valence-electron chi connectivity index (χ0n) is 13.7. The van der Waals surface area contributed by atoms with Crippen LogP contribution in [0.25, 0.3) is 0 Å². The Hall–Kier alpha value is -0.770. The molecule has 0 spiro atoms. The van der Waals surface area contributed by atoms with Gasteiger partial charge in [-0.25, -0.2) is 0 Å². The molecule has 1 aromatic rings. The molecular formula is C18H30ClN3. The molecule has 1 N–H and O–H groups in total. The van der Waals surface area contributed by atoms with E-state index < -0.39 is 0 Å². The van der Waals surface area contributed by atoms with E-state index in [4.69, 9.17) is 0 Å². The third-order valence-electron chi connectivity index (χ3n) is 5.15. The molecule has 2 aliphatic rings. The zero-order chi connectivity index (χ0) is 14.5. The first-order chi connectivity index (χ1) is 10.3. The Labute approximate surface area is 141 Å². The summed E-state index contributed by atoms with van der Waals surface area (Å²) in [5, 5.41) is 3.47. The molecule has 2 aliphatic heterocycles. The standard InChI is InChI=1S/C18H29N3.ClH/c1-20(14-16-9-11-19-12-10-16)18-8-5-13-21(15-18)17-6-3-2-4-7-17;/h2-4,6-7,16,18-19H,5,8-15H2,1H3;1H. The van der Waals surface area contributed by atoms with Crippen LogP contribution in [-0.2, 0) is 0 Å². The Morgan fingerprint density at radius 3 is 2.59 bits per heavy atom. The van der Waals surface area contributed by atoms with E-state index in [9.17, 15) is 0 Å². The predicted octanol–water partition coefficient (Wildman–Crippen LogP) is 3.01. The highest BCUT2D eigenvalue weighted by atomic mass is 35.5. The lowest BCUT2D eigenvalue weighted by atomic mass is 9.96. The van der Waals surface area contributed by atoms with Gasteiger partial charge in [0.15, 0.2) is 0 Å². The minimum atomic E-state index is 0. The van der Waals surface area contributed by atoms with Gasteiger partial charge in [0.05, 0.1) is 0 Å². The highest BCUT2D eigenvalue weighted by molar-refractivity contribution is 5.85. The Bertz CT molecular complexity index is 420. The largest absolute Gasteiger partial charge is 0.370 e. The number of anilines is 1. The maximum atomic E-state index is 3.47. The molecule has 2 heterocycles. The number of likely N-dealkylation sites (N-methyl/N-ethyl adjacent to an activating group) is 1. The lowest BCUT2D eigenvalue weighted by Gasteiger charge is -2.40. The SMILES string of the molecule is CN(CC1CCNCC1)C1CCCN(c2ccccc2)C1.Cl. The Morgan fingerprint density at radius 2 is 1.86 bits per heavy atom. The Morgan fingerprint density at radius 1 is 1.14 bits per heavy atom. The maximum Gasteiger partial charge on any atom is 0.0366 e. The summed E-state index contributed by atoms with van der Waals surface area (Å²) >= 11 is 0. The van der Waals surface area contributed by atoms with Crippen molar-refractivity contribution >= 4 is 18.1 Å². The predicted molar refractivity (Wildman–Crippen MR) is 97.1 cm³/mol. The number of rotatable bonds is 4. The van der Waals surface area contributed by atoms with Gasteiger partial charge < -0.3 is 15.1 Å². The molecule has 0 bridgehead atoms. The minimum Gasteiger partial charge on any atom is -0.370 e. The minimum absolute atomic E-state index is 0. The van der Waals surface area contributed by atoms with Gasteiger partial charge in [-0.15, -0.1) is 12.4 Å². The first kappa shape index (κ1) is 17.6. The van der Waals surface area contributed by atoms with Crippen LogP contribution in [0.4, 0.5) is 5.69 Å². The summed E-state index contributed by atoms with van der Waals surface area (Å²) in [6.07, 6.45) is 5.36. The second-order valence-corrected chi connectivity index (χ2v) is 6.71. The van der Waals surface area contributed by atoms with Gasteiger partial charge in [0.1, 0.15) is 0 Å². The van der Waals surface area contributed by atoms with Gasteiger partial charge in [0.25, 0.3) is 0 Å². The first-order valence-corrected chi connectivity index (χ1v) is 8.54. The lowest BCUT2D eigenvalue weighted by molar-refractivity contribution is 0.170. The summed E-state index contributed by atoms with van der Waals surface area (Å²) in [6, 6.07) is 11.6. The van der Waals surface area contributed by atoms with E-state index in [-0.39, 0.29) is 12.4 Å². The van der Waals surface area contributed by atoms with Gasteiger partial charge >= 0.3 is 0 Å². The van der Waals surface area contributed by atoms with Crippen molar-refractivity contribution in [2.45, 2.75) is 31.7 Å². The summed E-state index contributed by atoms with van der Waals surface area (Å²) in [5.74, 6) is 0.892. The number of hydrogen-bond donors (Lipinski definition) is 1. The van der Waals surface area contributed by atoms with Gasteiger partial charge in [-0.3, -0.25) is 0 Å². The van der Waals surface area contributed by atoms with E-state index in [1.165, 1.54) is 64.1 Å². The van der Waals surface area contributed by atoms with Gasteiger partial charge in [-0.1, -0.05) is 18.2 Å². The molecule has 0 aliphatic carbocycles. The molecule has 1 aromatic carbocycles. The van der Waals surface area contributed by atoms with Gasteiger partial charge in [0.2, 0.25) is 0 Å². The van der Waals surface area contributed by atoms with Crippen molar-refractivity contribution in [1.82, 2.24) is 10.2 Å². The molecule has 0 aromatic heterocycles. The van der Waals surface area contributed by atoms with Crippen LogP contribution in [0.15, 0.2) is 30.3 Å². The number of halogens is 1. The van der Waals surface area contributed by atoms with Crippen molar-refractivity contribution in [1.29, 1.82) is 0 Å². The molecule has 22 heavy (non-hydrogen) atoms. The molecule has 3 rings (SSSR count). The van der Waals surface area contributed by atoms with Crippen molar-refractivity contribution in [2.24, 2.45) is 5.92 Å². The van der Waals surface area contributed by atoms with Gasteiger partial charge in [-0.2, -0.15) is 0 Å². The van der Waals surface area contributed by atoms with Gasteiger partial charge in [-0.05, 0) is 63.9 Å². The Balaban J connectivity index is 0.00000176. The fourth-order valence-electron chi connectivity index (χ4n) is 3.81. The van der Waals surface area contributed by atoms with E-state index in [1.54, 1.807) is 0 Å². The summed E-state index contributed by atoms with van der Waals surface area (Å²) in [6.45, 7) is 6.08. The maximum absolute atomic E-state index is 3.47. The number of benzene rings is 1. The fourth-order valence-corrected chi connectivity index (χ4v) is 3.81. The van der Waals surface area contributed by atoms with Crippen molar-refractivity contribution in [3.63, 3.8) is 0 Å². The Kier molecular flexibility index (Phi) is 7.00. The number of hydrogen-bond acceptors (Lipinski definition) is 3. The first-order valence-electron chi connectivity index (χ1n) is 8.54. The third-order valence-corrected chi connectivity index (χ3v) is 5.15. The number of nitrogens with zero attached hydrogens (tertiary/aromatic N) is 2. The van der Waals surface area contributed by atoms with E-state index >= 15 is 0 Å². The molecule has 1 atom stereocenters. The second-order valence-electron chi connectivity index (χ2n) is 6.71. The molecule has 2 saturated heterocycles. The van der Waals surface area contributed by atoms with Crippen LogP contribution in [0, 0.1) is 5.92 Å². The molecule has 0 radical (unpaired) electrons. The molecule has 1 unspecified atom stereocenters. The number of piperidine rings is 2. The second kappa shape index (κ2) is 8.76. The molecular weight excluding hydrogens is 294 g/mol. The highest BCUT2D eigenvalue weighted by Crippen LogP contribution is 2.23. The quantitative estimate of drug-likeness (QED) is 0.919.